The number of aromatic nitrogens is 2. The molecule has 0 aliphatic carbocycles. The maximum absolute atomic E-state index is 13.1. The fourth-order valence-electron chi connectivity index (χ4n) is 5.85. The summed E-state index contributed by atoms with van der Waals surface area (Å²) < 4.78 is 35.9. The monoisotopic (exact) mass is 681 g/mol. The van der Waals surface area contributed by atoms with Gasteiger partial charge in [0.25, 0.3) is 0 Å². The van der Waals surface area contributed by atoms with Crippen molar-refractivity contribution < 1.29 is 38.0 Å². The van der Waals surface area contributed by atoms with Crippen LogP contribution in [0.1, 0.15) is 54.7 Å². The van der Waals surface area contributed by atoms with Crippen molar-refractivity contribution in [3.8, 4) is 23.3 Å². The molecule has 4 aromatic rings. The predicted molar refractivity (Wildman–Crippen MR) is 183 cm³/mol. The number of benzene rings is 3. The molecule has 0 radical (unpaired) electrons. The Hall–Kier alpha value is -5.64. The van der Waals surface area contributed by atoms with Crippen LogP contribution in [0.15, 0.2) is 89.9 Å². The summed E-state index contributed by atoms with van der Waals surface area (Å²) in [4.78, 5) is 40.7. The highest BCUT2D eigenvalue weighted by Gasteiger charge is 2.44. The van der Waals surface area contributed by atoms with Gasteiger partial charge in [0, 0.05) is 26.0 Å². The zero-order valence-corrected chi connectivity index (χ0v) is 28.3. The molecule has 2 N–H and O–H groups in total. The van der Waals surface area contributed by atoms with Crippen LogP contribution in [0.25, 0.3) is 0 Å². The first-order chi connectivity index (χ1) is 24.2. The van der Waals surface area contributed by atoms with Crippen LogP contribution < -0.4 is 20.9 Å². The van der Waals surface area contributed by atoms with E-state index in [9.17, 15) is 14.4 Å². The Morgan fingerprint density at radius 1 is 0.940 bits per heavy atom. The molecule has 0 amide bonds. The summed E-state index contributed by atoms with van der Waals surface area (Å²) in [6.45, 7) is 1.27. The molecule has 0 bridgehead atoms. The summed E-state index contributed by atoms with van der Waals surface area (Å²) in [5.74, 6) is 6.11. The van der Waals surface area contributed by atoms with Crippen molar-refractivity contribution in [2.75, 3.05) is 33.7 Å². The summed E-state index contributed by atoms with van der Waals surface area (Å²) in [6.07, 6.45) is -0.512. The van der Waals surface area contributed by atoms with Crippen molar-refractivity contribution >= 4 is 17.8 Å². The number of esters is 2. The molecule has 12 heteroatoms. The maximum atomic E-state index is 13.1. The number of nitrogen functional groups attached to an aromatic ring is 1. The molecule has 5 rings (SSSR count). The van der Waals surface area contributed by atoms with Crippen molar-refractivity contribution in [2.45, 2.75) is 50.2 Å². The number of ether oxygens (including phenoxy) is 6. The second-order valence-corrected chi connectivity index (χ2v) is 11.4. The topological polar surface area (TPSA) is 150 Å². The fraction of sp³-hybridized carbons (Fsp3) is 0.316. The second-order valence-electron chi connectivity index (χ2n) is 11.4. The molecule has 0 spiro atoms. The summed E-state index contributed by atoms with van der Waals surface area (Å²) in [7, 11) is 4.51. The first kappa shape index (κ1) is 35.7. The molecule has 3 aromatic carbocycles. The smallest absolute Gasteiger partial charge is 0.351 e. The first-order valence-electron chi connectivity index (χ1n) is 15.9. The van der Waals surface area contributed by atoms with Gasteiger partial charge in [0.15, 0.2) is 0 Å². The Morgan fingerprint density at radius 2 is 1.54 bits per heavy atom. The van der Waals surface area contributed by atoms with Gasteiger partial charge < -0.3 is 34.2 Å². The minimum absolute atomic E-state index is 0.0429. The average molecular weight is 682 g/mol. The van der Waals surface area contributed by atoms with Crippen LogP contribution in [-0.4, -0.2) is 61.6 Å². The Morgan fingerprint density at radius 3 is 2.10 bits per heavy atom. The quantitative estimate of drug-likeness (QED) is 0.129. The number of hydrogen-bond donors (Lipinski definition) is 1. The molecular formula is C38H39N3O9. The van der Waals surface area contributed by atoms with Gasteiger partial charge in [0.1, 0.15) is 41.4 Å². The molecule has 1 fully saturated rings. The van der Waals surface area contributed by atoms with Crippen LogP contribution in [0.4, 0.5) is 5.82 Å². The fourth-order valence-corrected chi connectivity index (χ4v) is 5.85. The number of methoxy groups -OCH3 is 3. The molecule has 0 saturated carbocycles. The number of anilines is 1. The van der Waals surface area contributed by atoms with Gasteiger partial charge in [-0.1, -0.05) is 66.4 Å². The van der Waals surface area contributed by atoms with E-state index in [4.69, 9.17) is 29.4 Å². The van der Waals surface area contributed by atoms with Crippen LogP contribution in [-0.2, 0) is 34.1 Å². The van der Waals surface area contributed by atoms with Crippen molar-refractivity contribution in [1.29, 1.82) is 0 Å². The zero-order chi connectivity index (χ0) is 35.7. The van der Waals surface area contributed by atoms with Crippen molar-refractivity contribution in [3.63, 3.8) is 0 Å². The van der Waals surface area contributed by atoms with Gasteiger partial charge in [-0.05, 0) is 41.0 Å². The SMILES string of the molecule is COC(=O)CCC#Cc1cn([C@H]2C[C@H](OC(C)=O)[C@@H](COC(c3ccccc3)(c3ccc(OC)cc3)c3ccc(OC)cc3)O2)c(=O)nc1N. The lowest BCUT2D eigenvalue weighted by atomic mass is 9.80. The molecule has 3 atom stereocenters. The third kappa shape index (κ3) is 7.97. The van der Waals surface area contributed by atoms with Crippen molar-refractivity contribution in [1.82, 2.24) is 9.55 Å². The van der Waals surface area contributed by atoms with E-state index in [1.807, 2.05) is 78.9 Å². The van der Waals surface area contributed by atoms with Gasteiger partial charge in [0.05, 0.1) is 39.9 Å². The minimum atomic E-state index is -1.16. The summed E-state index contributed by atoms with van der Waals surface area (Å²) in [5, 5.41) is 0. The average Bonchev–Trinajstić information content (AvgIpc) is 3.53. The standard InChI is InChI=1S/C38H39N3O9/c1-25(42)49-32-22-34(41-23-26(36(39)40-37(41)44)10-8-9-13-35(43)47-4)50-33(32)24-48-38(27-11-6-5-7-12-27,28-14-18-30(45-2)19-15-28)29-16-20-31(46-3)21-17-29/h5-7,11-12,14-21,23,32-34H,9,13,22,24H2,1-4H3,(H2,39,40,44)/t32-,33+,34+/m0/s1. The highest BCUT2D eigenvalue weighted by molar-refractivity contribution is 5.69. The summed E-state index contributed by atoms with van der Waals surface area (Å²) in [5.41, 5.74) is 6.93. The Bertz CT molecular complexity index is 1850. The number of rotatable bonds is 12. The number of carbonyl (C=O) groups excluding carboxylic acids is 2. The molecule has 1 aliphatic heterocycles. The van der Waals surface area contributed by atoms with E-state index >= 15 is 0 Å². The van der Waals surface area contributed by atoms with E-state index in [-0.39, 0.29) is 37.3 Å². The lowest BCUT2D eigenvalue weighted by Crippen LogP contribution is -2.39. The minimum Gasteiger partial charge on any atom is -0.497 e. The molecule has 50 heavy (non-hydrogen) atoms. The van der Waals surface area contributed by atoms with Gasteiger partial charge in [-0.2, -0.15) is 4.98 Å². The highest BCUT2D eigenvalue weighted by atomic mass is 16.6. The third-order valence-electron chi connectivity index (χ3n) is 8.33. The number of nitrogens with two attached hydrogens (primary N) is 1. The molecule has 1 aliphatic rings. The summed E-state index contributed by atoms with van der Waals surface area (Å²) in [6, 6.07) is 24.9. The molecular weight excluding hydrogens is 642 g/mol. The van der Waals surface area contributed by atoms with E-state index in [1.54, 1.807) is 14.2 Å². The second kappa shape index (κ2) is 16.2. The van der Waals surface area contributed by atoms with E-state index in [0.29, 0.717) is 11.5 Å². The summed E-state index contributed by atoms with van der Waals surface area (Å²) >= 11 is 0. The number of hydrogen-bond acceptors (Lipinski definition) is 11. The molecule has 1 aromatic heterocycles. The molecule has 2 heterocycles. The van der Waals surface area contributed by atoms with Crippen LogP contribution >= 0.6 is 0 Å². The van der Waals surface area contributed by atoms with E-state index in [0.717, 1.165) is 16.7 Å². The van der Waals surface area contributed by atoms with E-state index in [1.165, 1.54) is 24.8 Å². The predicted octanol–water partition coefficient (Wildman–Crippen LogP) is 4.38. The van der Waals surface area contributed by atoms with Crippen molar-refractivity contribution in [3.05, 3.63) is 118 Å². The van der Waals surface area contributed by atoms with E-state index in [2.05, 4.69) is 21.6 Å². The first-order valence-corrected chi connectivity index (χ1v) is 15.9. The molecule has 0 unspecified atom stereocenters. The van der Waals surface area contributed by atoms with Crippen LogP contribution in [0.5, 0.6) is 11.5 Å². The Balaban J connectivity index is 1.51. The maximum Gasteiger partial charge on any atom is 0.351 e. The largest absolute Gasteiger partial charge is 0.497 e. The molecule has 1 saturated heterocycles. The lowest BCUT2D eigenvalue weighted by Gasteiger charge is -2.37. The number of nitrogens with zero attached hydrogens (tertiary/aromatic N) is 2. The van der Waals surface area contributed by atoms with Gasteiger partial charge in [0.2, 0.25) is 0 Å². The lowest BCUT2D eigenvalue weighted by molar-refractivity contribution is -0.153. The third-order valence-corrected chi connectivity index (χ3v) is 8.33. The Labute approximate surface area is 290 Å². The van der Waals surface area contributed by atoms with Gasteiger partial charge >= 0.3 is 17.6 Å². The molecule has 260 valence electrons. The van der Waals surface area contributed by atoms with Crippen molar-refractivity contribution in [2.24, 2.45) is 0 Å². The van der Waals surface area contributed by atoms with Gasteiger partial charge in [-0.15, -0.1) is 0 Å². The zero-order valence-electron chi connectivity index (χ0n) is 28.3. The number of carbonyl (C=O) groups is 2. The van der Waals surface area contributed by atoms with Crippen LogP contribution in [0, 0.1) is 11.8 Å². The van der Waals surface area contributed by atoms with Gasteiger partial charge in [-0.3, -0.25) is 14.2 Å². The highest BCUT2D eigenvalue weighted by Crippen LogP contribution is 2.43. The van der Waals surface area contributed by atoms with Gasteiger partial charge in [-0.25, -0.2) is 4.79 Å². The van der Waals surface area contributed by atoms with E-state index < -0.39 is 41.7 Å². The normalized spacial score (nSPS) is 16.9. The molecule has 12 nitrogen and oxygen atoms in total. The van der Waals surface area contributed by atoms with Crippen LogP contribution in [0.3, 0.4) is 0 Å². The Kier molecular flexibility index (Phi) is 11.5. The van der Waals surface area contributed by atoms with Crippen LogP contribution in [0.2, 0.25) is 0 Å².